The van der Waals surface area contributed by atoms with Crippen LogP contribution >= 0.6 is 11.8 Å². The molecule has 0 unspecified atom stereocenters. The van der Waals surface area contributed by atoms with Crippen LogP contribution in [0.1, 0.15) is 12.7 Å². The zero-order valence-corrected chi connectivity index (χ0v) is 7.14. The second-order valence-electron chi connectivity index (χ2n) is 1.90. The van der Waals surface area contributed by atoms with Crippen molar-refractivity contribution < 1.29 is 0 Å². The van der Waals surface area contributed by atoms with Crippen LogP contribution in [0.15, 0.2) is 6.33 Å². The first kappa shape index (κ1) is 8.26. The van der Waals surface area contributed by atoms with Crippen LogP contribution in [0.4, 0.5) is 5.95 Å². The summed E-state index contributed by atoms with van der Waals surface area (Å²) in [7, 11) is 0. The Kier molecular flexibility index (Phi) is 3.10. The van der Waals surface area contributed by atoms with Gasteiger partial charge in [0, 0.05) is 0 Å². The first-order valence-corrected chi connectivity index (χ1v) is 4.49. The van der Waals surface area contributed by atoms with E-state index in [1.54, 1.807) is 11.8 Å². The van der Waals surface area contributed by atoms with Gasteiger partial charge in [0.2, 0.25) is 5.95 Å². The second kappa shape index (κ2) is 4.12. The molecule has 0 aromatic carbocycles. The van der Waals surface area contributed by atoms with E-state index < -0.39 is 0 Å². The quantitative estimate of drug-likeness (QED) is 0.723. The minimum absolute atomic E-state index is 0.298. The monoisotopic (exact) mass is 170 g/mol. The lowest BCUT2D eigenvalue weighted by Gasteiger charge is -1.96. The molecule has 4 nitrogen and oxygen atoms in total. The molecular formula is C6H10N4S. The smallest absolute Gasteiger partial charge is 0.223 e. The molecule has 0 spiro atoms. The average Bonchev–Trinajstić information content (AvgIpc) is 2.01. The lowest BCUT2D eigenvalue weighted by atomic mass is 10.7. The van der Waals surface area contributed by atoms with E-state index in [2.05, 4.69) is 21.9 Å². The molecule has 0 radical (unpaired) electrons. The summed E-state index contributed by atoms with van der Waals surface area (Å²) in [5, 5.41) is 0. The Morgan fingerprint density at radius 2 is 2.36 bits per heavy atom. The summed E-state index contributed by atoms with van der Waals surface area (Å²) in [5.74, 6) is 2.92. The van der Waals surface area contributed by atoms with Crippen LogP contribution < -0.4 is 5.73 Å². The fourth-order valence-corrected chi connectivity index (χ4v) is 1.13. The molecule has 1 rings (SSSR count). The molecule has 0 aliphatic heterocycles. The molecule has 0 aliphatic rings. The lowest BCUT2D eigenvalue weighted by molar-refractivity contribution is 0.975. The van der Waals surface area contributed by atoms with Gasteiger partial charge in [-0.25, -0.2) is 9.97 Å². The highest BCUT2D eigenvalue weighted by Gasteiger charge is 1.95. The topological polar surface area (TPSA) is 64.7 Å². The highest BCUT2D eigenvalue weighted by atomic mass is 32.2. The van der Waals surface area contributed by atoms with Crippen LogP contribution in [-0.2, 0) is 5.75 Å². The van der Waals surface area contributed by atoms with E-state index >= 15 is 0 Å². The summed E-state index contributed by atoms with van der Waals surface area (Å²) >= 11 is 1.76. The van der Waals surface area contributed by atoms with Crippen molar-refractivity contribution in [2.45, 2.75) is 12.7 Å². The first-order valence-electron chi connectivity index (χ1n) is 3.34. The number of rotatable bonds is 3. The summed E-state index contributed by atoms with van der Waals surface area (Å²) in [4.78, 5) is 11.6. The SMILES string of the molecule is CCSCc1ncnc(N)n1. The Bertz CT molecular complexity index is 228. The number of nitrogen functional groups attached to an aromatic ring is 1. The fourth-order valence-electron chi connectivity index (χ4n) is 0.608. The van der Waals surface area contributed by atoms with Crippen LogP contribution in [-0.4, -0.2) is 20.7 Å². The van der Waals surface area contributed by atoms with Crippen LogP contribution in [0.25, 0.3) is 0 Å². The van der Waals surface area contributed by atoms with Gasteiger partial charge in [-0.3, -0.25) is 0 Å². The molecule has 0 saturated carbocycles. The maximum atomic E-state index is 5.36. The average molecular weight is 170 g/mol. The first-order chi connectivity index (χ1) is 5.33. The van der Waals surface area contributed by atoms with Gasteiger partial charge in [-0.1, -0.05) is 6.92 Å². The van der Waals surface area contributed by atoms with Crippen molar-refractivity contribution in [1.29, 1.82) is 0 Å². The predicted molar refractivity (Wildman–Crippen MR) is 46.1 cm³/mol. The van der Waals surface area contributed by atoms with E-state index in [1.807, 2.05) is 0 Å². The summed E-state index contributed by atoms with van der Waals surface area (Å²) in [5.41, 5.74) is 5.36. The predicted octanol–water partition coefficient (Wildman–Crippen LogP) is 0.707. The van der Waals surface area contributed by atoms with Crippen molar-refractivity contribution in [3.63, 3.8) is 0 Å². The number of thioether (sulfide) groups is 1. The molecular weight excluding hydrogens is 160 g/mol. The Morgan fingerprint density at radius 1 is 1.55 bits per heavy atom. The molecule has 0 amide bonds. The van der Waals surface area contributed by atoms with Gasteiger partial charge in [0.25, 0.3) is 0 Å². The van der Waals surface area contributed by atoms with Crippen molar-refractivity contribution in [3.8, 4) is 0 Å². The van der Waals surface area contributed by atoms with Crippen LogP contribution in [0, 0.1) is 0 Å². The van der Waals surface area contributed by atoms with Crippen molar-refractivity contribution in [2.75, 3.05) is 11.5 Å². The maximum absolute atomic E-state index is 5.36. The molecule has 1 aromatic heterocycles. The molecule has 0 saturated heterocycles. The van der Waals surface area contributed by atoms with Gasteiger partial charge in [0.05, 0.1) is 5.75 Å². The van der Waals surface area contributed by atoms with Gasteiger partial charge >= 0.3 is 0 Å². The summed E-state index contributed by atoms with van der Waals surface area (Å²) < 4.78 is 0. The standard InChI is InChI=1S/C6H10N4S/c1-2-11-3-5-8-4-9-6(7)10-5/h4H,2-3H2,1H3,(H2,7,8,9,10). The highest BCUT2D eigenvalue weighted by Crippen LogP contribution is 2.06. The third-order valence-electron chi connectivity index (χ3n) is 1.08. The molecule has 5 heteroatoms. The Balaban J connectivity index is 2.56. The van der Waals surface area contributed by atoms with E-state index in [9.17, 15) is 0 Å². The maximum Gasteiger partial charge on any atom is 0.223 e. The van der Waals surface area contributed by atoms with Crippen molar-refractivity contribution in [1.82, 2.24) is 15.0 Å². The zero-order chi connectivity index (χ0) is 8.10. The number of hydrogen-bond donors (Lipinski definition) is 1. The molecule has 0 atom stereocenters. The molecule has 0 fully saturated rings. The van der Waals surface area contributed by atoms with Gasteiger partial charge in [-0.15, -0.1) is 0 Å². The largest absolute Gasteiger partial charge is 0.368 e. The Hall–Kier alpha value is -0.840. The van der Waals surface area contributed by atoms with E-state index in [0.29, 0.717) is 5.95 Å². The molecule has 0 aliphatic carbocycles. The summed E-state index contributed by atoms with van der Waals surface area (Å²) in [6, 6.07) is 0. The number of hydrogen-bond acceptors (Lipinski definition) is 5. The fraction of sp³-hybridized carbons (Fsp3) is 0.500. The number of anilines is 1. The second-order valence-corrected chi connectivity index (χ2v) is 3.17. The van der Waals surface area contributed by atoms with E-state index in [1.165, 1.54) is 6.33 Å². The van der Waals surface area contributed by atoms with Crippen molar-refractivity contribution >= 4 is 17.7 Å². The van der Waals surface area contributed by atoms with Crippen LogP contribution in [0.2, 0.25) is 0 Å². The minimum Gasteiger partial charge on any atom is -0.368 e. The van der Waals surface area contributed by atoms with Gasteiger partial charge in [0.15, 0.2) is 0 Å². The third-order valence-corrected chi connectivity index (χ3v) is 1.95. The molecule has 2 N–H and O–H groups in total. The molecule has 60 valence electrons. The molecule has 1 aromatic rings. The van der Waals surface area contributed by atoms with Gasteiger partial charge in [-0.2, -0.15) is 16.7 Å². The number of aromatic nitrogens is 3. The number of nitrogens with zero attached hydrogens (tertiary/aromatic N) is 3. The minimum atomic E-state index is 0.298. The summed E-state index contributed by atoms with van der Waals surface area (Å²) in [6.07, 6.45) is 1.44. The van der Waals surface area contributed by atoms with Gasteiger partial charge < -0.3 is 5.73 Å². The normalized spacial score (nSPS) is 9.91. The lowest BCUT2D eigenvalue weighted by Crippen LogP contribution is -2.00. The Labute approximate surface area is 69.6 Å². The van der Waals surface area contributed by atoms with E-state index in [4.69, 9.17) is 5.73 Å². The van der Waals surface area contributed by atoms with Crippen molar-refractivity contribution in [3.05, 3.63) is 12.2 Å². The zero-order valence-electron chi connectivity index (χ0n) is 6.32. The van der Waals surface area contributed by atoms with Gasteiger partial charge in [-0.05, 0) is 5.75 Å². The van der Waals surface area contributed by atoms with Crippen molar-refractivity contribution in [2.24, 2.45) is 0 Å². The van der Waals surface area contributed by atoms with Crippen LogP contribution in [0.5, 0.6) is 0 Å². The Morgan fingerprint density at radius 3 is 3.00 bits per heavy atom. The summed E-state index contributed by atoms with van der Waals surface area (Å²) in [6.45, 7) is 2.09. The number of nitrogens with two attached hydrogens (primary N) is 1. The highest BCUT2D eigenvalue weighted by molar-refractivity contribution is 7.98. The van der Waals surface area contributed by atoms with E-state index in [0.717, 1.165) is 17.3 Å². The molecule has 0 bridgehead atoms. The third kappa shape index (κ3) is 2.71. The molecule has 1 heterocycles. The van der Waals surface area contributed by atoms with Crippen LogP contribution in [0.3, 0.4) is 0 Å². The van der Waals surface area contributed by atoms with Gasteiger partial charge in [0.1, 0.15) is 12.2 Å². The molecule has 11 heavy (non-hydrogen) atoms. The van der Waals surface area contributed by atoms with E-state index in [-0.39, 0.29) is 0 Å².